The number of hydrogen-bond acceptors (Lipinski definition) is 7. The number of nitrogens with one attached hydrogen (secondary N) is 3. The fraction of sp³-hybridized carbons (Fsp3) is 0.444. The maximum absolute atomic E-state index is 13.0. The Labute approximate surface area is 159 Å². The van der Waals surface area contributed by atoms with Crippen LogP contribution in [0.1, 0.15) is 19.4 Å². The highest BCUT2D eigenvalue weighted by Crippen LogP contribution is 2.47. The molecular formula is C18H20N6O4. The Morgan fingerprint density at radius 3 is 2.64 bits per heavy atom. The molecule has 5 N–H and O–H groups in total. The lowest BCUT2D eigenvalue weighted by Gasteiger charge is -2.55. The van der Waals surface area contributed by atoms with E-state index in [9.17, 15) is 14.4 Å². The normalized spacial score (nSPS) is 28.7. The zero-order valence-electron chi connectivity index (χ0n) is 15.4. The van der Waals surface area contributed by atoms with Crippen LogP contribution in [0, 0.1) is 5.41 Å². The summed E-state index contributed by atoms with van der Waals surface area (Å²) < 4.78 is 5.99. The van der Waals surface area contributed by atoms with Crippen LogP contribution in [0.15, 0.2) is 12.1 Å². The molecule has 2 saturated heterocycles. The standard InChI is InChI=1S/C18H20N6O4/c1-7-6-24-12-4-11-10(14(19)23-22-11)3-9(12)5-18(13(24)8(2)28-7)15(25)20-17(27)21-16(18)26/h3-4,7-8,13H,5-6H2,1-2H3,(H3,19,22,23)(H2,20,21,25,26,27)/t7-,8+,13-/m1/s1. The fourth-order valence-electron chi connectivity index (χ4n) is 4.97. The second kappa shape index (κ2) is 5.44. The number of nitrogen functional groups attached to an aromatic ring is 1. The second-order valence-electron chi connectivity index (χ2n) is 7.77. The number of aromatic amines is 1. The summed E-state index contributed by atoms with van der Waals surface area (Å²) in [6.07, 6.45) is -0.353. The van der Waals surface area contributed by atoms with E-state index in [2.05, 4.69) is 20.8 Å². The predicted molar refractivity (Wildman–Crippen MR) is 99.5 cm³/mol. The number of benzene rings is 1. The van der Waals surface area contributed by atoms with E-state index >= 15 is 0 Å². The average Bonchev–Trinajstić information content (AvgIpc) is 2.98. The van der Waals surface area contributed by atoms with Crippen LogP contribution < -0.4 is 21.3 Å². The number of amides is 4. The molecule has 4 heterocycles. The molecule has 3 aliphatic rings. The van der Waals surface area contributed by atoms with Crippen LogP contribution in [0.5, 0.6) is 0 Å². The Balaban J connectivity index is 1.75. The second-order valence-corrected chi connectivity index (χ2v) is 7.77. The SMILES string of the molecule is C[C@@H]1CN2c3cc4[nH]nc(N)c4cc3CC3(C(=O)NC(=O)NC3=O)[C@H]2[C@H](C)O1. The average molecular weight is 384 g/mol. The largest absolute Gasteiger partial charge is 0.382 e. The Bertz CT molecular complexity index is 1030. The number of imide groups is 2. The molecule has 0 radical (unpaired) electrons. The summed E-state index contributed by atoms with van der Waals surface area (Å²) in [6, 6.07) is 2.46. The van der Waals surface area contributed by atoms with Crippen molar-refractivity contribution < 1.29 is 19.1 Å². The van der Waals surface area contributed by atoms with Crippen molar-refractivity contribution in [1.82, 2.24) is 20.8 Å². The molecule has 28 heavy (non-hydrogen) atoms. The van der Waals surface area contributed by atoms with Gasteiger partial charge in [0, 0.05) is 17.6 Å². The number of rotatable bonds is 0. The number of anilines is 2. The van der Waals surface area contributed by atoms with E-state index in [1.165, 1.54) is 0 Å². The van der Waals surface area contributed by atoms with E-state index in [0.29, 0.717) is 12.4 Å². The number of H-pyrrole nitrogens is 1. The molecule has 2 fully saturated rings. The first kappa shape index (κ1) is 17.0. The van der Waals surface area contributed by atoms with E-state index in [1.54, 1.807) is 0 Å². The van der Waals surface area contributed by atoms with E-state index in [1.807, 2.05) is 30.9 Å². The van der Waals surface area contributed by atoms with Gasteiger partial charge in [-0.25, -0.2) is 4.79 Å². The lowest BCUT2D eigenvalue weighted by molar-refractivity contribution is -0.153. The van der Waals surface area contributed by atoms with Crippen LogP contribution >= 0.6 is 0 Å². The third kappa shape index (κ3) is 2.06. The molecule has 2 aromatic rings. The number of hydrogen-bond donors (Lipinski definition) is 4. The van der Waals surface area contributed by atoms with E-state index < -0.39 is 35.4 Å². The molecular weight excluding hydrogens is 364 g/mol. The van der Waals surface area contributed by atoms with Crippen LogP contribution in [0.2, 0.25) is 0 Å². The molecule has 3 aliphatic heterocycles. The highest BCUT2D eigenvalue weighted by atomic mass is 16.5. The molecule has 1 aromatic carbocycles. The molecule has 5 rings (SSSR count). The lowest BCUT2D eigenvalue weighted by atomic mass is 9.66. The summed E-state index contributed by atoms with van der Waals surface area (Å²) in [4.78, 5) is 39.8. The van der Waals surface area contributed by atoms with Crippen molar-refractivity contribution in [3.63, 3.8) is 0 Å². The minimum absolute atomic E-state index is 0.0897. The van der Waals surface area contributed by atoms with Crippen molar-refractivity contribution >= 4 is 40.3 Å². The maximum Gasteiger partial charge on any atom is 0.328 e. The maximum atomic E-state index is 13.0. The van der Waals surface area contributed by atoms with Crippen LogP contribution in [0.25, 0.3) is 10.9 Å². The van der Waals surface area contributed by atoms with Gasteiger partial charge in [0.05, 0.1) is 23.8 Å². The topological polar surface area (TPSA) is 142 Å². The van der Waals surface area contributed by atoms with Crippen LogP contribution in [0.4, 0.5) is 16.3 Å². The van der Waals surface area contributed by atoms with Gasteiger partial charge in [0.15, 0.2) is 11.2 Å². The molecule has 1 aromatic heterocycles. The fourth-order valence-corrected chi connectivity index (χ4v) is 4.97. The Morgan fingerprint density at radius 1 is 1.21 bits per heavy atom. The predicted octanol–water partition coefficient (Wildman–Crippen LogP) is 0.0358. The van der Waals surface area contributed by atoms with E-state index in [0.717, 1.165) is 22.2 Å². The number of aromatic nitrogens is 2. The third-order valence-electron chi connectivity index (χ3n) is 6.02. The summed E-state index contributed by atoms with van der Waals surface area (Å²) in [6.45, 7) is 4.31. The Morgan fingerprint density at radius 2 is 1.93 bits per heavy atom. The molecule has 10 heteroatoms. The quantitative estimate of drug-likeness (QED) is 0.470. The third-order valence-corrected chi connectivity index (χ3v) is 6.02. The molecule has 0 unspecified atom stereocenters. The van der Waals surface area contributed by atoms with Gasteiger partial charge < -0.3 is 15.4 Å². The molecule has 0 saturated carbocycles. The summed E-state index contributed by atoms with van der Waals surface area (Å²) in [7, 11) is 0. The first-order valence-corrected chi connectivity index (χ1v) is 9.16. The minimum Gasteiger partial charge on any atom is -0.382 e. The van der Waals surface area contributed by atoms with Gasteiger partial charge in [-0.2, -0.15) is 5.10 Å². The lowest BCUT2D eigenvalue weighted by Crippen LogP contribution is -2.75. The molecule has 0 bridgehead atoms. The van der Waals surface area contributed by atoms with Gasteiger partial charge >= 0.3 is 6.03 Å². The first-order valence-electron chi connectivity index (χ1n) is 9.16. The number of morpholine rings is 1. The Hall–Kier alpha value is -3.14. The summed E-state index contributed by atoms with van der Waals surface area (Å²) in [5, 5.41) is 12.2. The molecule has 10 nitrogen and oxygen atoms in total. The smallest absolute Gasteiger partial charge is 0.328 e. The summed E-state index contributed by atoms with van der Waals surface area (Å²) in [5.41, 5.74) is 6.96. The van der Waals surface area contributed by atoms with Gasteiger partial charge in [-0.15, -0.1) is 0 Å². The monoisotopic (exact) mass is 384 g/mol. The highest BCUT2D eigenvalue weighted by Gasteiger charge is 2.62. The van der Waals surface area contributed by atoms with Crippen molar-refractivity contribution in [2.45, 2.75) is 38.5 Å². The van der Waals surface area contributed by atoms with Gasteiger partial charge in [-0.3, -0.25) is 25.3 Å². The summed E-state index contributed by atoms with van der Waals surface area (Å²) >= 11 is 0. The van der Waals surface area contributed by atoms with E-state index in [4.69, 9.17) is 10.5 Å². The van der Waals surface area contributed by atoms with Crippen molar-refractivity contribution in [3.8, 4) is 0 Å². The van der Waals surface area contributed by atoms with Gasteiger partial charge in [0.25, 0.3) is 0 Å². The van der Waals surface area contributed by atoms with Crippen molar-refractivity contribution in [1.29, 1.82) is 0 Å². The number of ether oxygens (including phenoxy) is 1. The number of carbonyl (C=O) groups is 3. The van der Waals surface area contributed by atoms with Crippen LogP contribution in [-0.4, -0.2) is 52.8 Å². The van der Waals surface area contributed by atoms with Crippen molar-refractivity contribution in [2.75, 3.05) is 17.2 Å². The molecule has 4 amide bonds. The van der Waals surface area contributed by atoms with Gasteiger partial charge in [-0.05, 0) is 38.0 Å². The molecule has 146 valence electrons. The van der Waals surface area contributed by atoms with E-state index in [-0.39, 0.29) is 12.5 Å². The zero-order valence-corrected chi connectivity index (χ0v) is 15.4. The van der Waals surface area contributed by atoms with Crippen LogP contribution in [0.3, 0.4) is 0 Å². The number of urea groups is 1. The first-order chi connectivity index (χ1) is 13.3. The van der Waals surface area contributed by atoms with Gasteiger partial charge in [0.2, 0.25) is 11.8 Å². The van der Waals surface area contributed by atoms with Gasteiger partial charge in [-0.1, -0.05) is 0 Å². The number of carbonyl (C=O) groups excluding carboxylic acids is 3. The molecule has 1 spiro atoms. The molecule has 3 atom stereocenters. The highest BCUT2D eigenvalue weighted by molar-refractivity contribution is 6.20. The number of fused-ring (bicyclic) bond motifs is 5. The minimum atomic E-state index is -1.48. The molecule has 0 aliphatic carbocycles. The van der Waals surface area contributed by atoms with Gasteiger partial charge in [0.1, 0.15) is 0 Å². The number of nitrogens with two attached hydrogens (primary N) is 1. The Kier molecular flexibility index (Phi) is 3.30. The zero-order chi connectivity index (χ0) is 19.8. The number of nitrogens with zero attached hydrogens (tertiary/aromatic N) is 2. The van der Waals surface area contributed by atoms with Crippen LogP contribution in [-0.2, 0) is 20.7 Å². The number of barbiturate groups is 1. The van der Waals surface area contributed by atoms with Crippen molar-refractivity contribution in [3.05, 3.63) is 17.7 Å². The summed E-state index contributed by atoms with van der Waals surface area (Å²) in [5.74, 6) is -0.857. The van der Waals surface area contributed by atoms with Crippen molar-refractivity contribution in [2.24, 2.45) is 5.41 Å².